The minimum absolute atomic E-state index is 0.0398. The molecule has 0 saturated heterocycles. The third-order valence-corrected chi connectivity index (χ3v) is 19.7. The summed E-state index contributed by atoms with van der Waals surface area (Å²) in [5.41, 5.74) is 0. The molecule has 0 fully saturated rings. The minimum atomic E-state index is -4.96. The van der Waals surface area contributed by atoms with Crippen molar-refractivity contribution in [3.8, 4) is 0 Å². The van der Waals surface area contributed by atoms with Gasteiger partial charge in [0.05, 0.1) is 26.4 Å². The van der Waals surface area contributed by atoms with Crippen molar-refractivity contribution in [3.63, 3.8) is 0 Å². The van der Waals surface area contributed by atoms with E-state index in [0.717, 1.165) is 173 Å². The predicted octanol–water partition coefficient (Wildman–Crippen LogP) is 26.7. The summed E-state index contributed by atoms with van der Waals surface area (Å²) in [6.07, 6.45) is 113. The molecule has 0 bridgehead atoms. The van der Waals surface area contributed by atoms with Gasteiger partial charge >= 0.3 is 33.6 Å². The van der Waals surface area contributed by atoms with E-state index in [9.17, 15) is 43.5 Å². The summed E-state index contributed by atoms with van der Waals surface area (Å²) < 4.78 is 61.3. The molecule has 5 atom stereocenters. The number of aliphatic hydroxyl groups is 2. The van der Waals surface area contributed by atoms with E-state index >= 15 is 0 Å². The maximum absolute atomic E-state index is 13.0. The number of carbonyl (C=O) groups is 3. The number of hydrogen-bond donors (Lipinski definition) is 4. The van der Waals surface area contributed by atoms with Gasteiger partial charge in [-0.3, -0.25) is 32.5 Å². The highest BCUT2D eigenvalue weighted by atomic mass is 31.2. The van der Waals surface area contributed by atoms with Crippen LogP contribution in [0.3, 0.4) is 0 Å². The maximum atomic E-state index is 13.0. The highest BCUT2D eigenvalue weighted by Gasteiger charge is 2.29. The molecule has 0 aromatic rings. The van der Waals surface area contributed by atoms with Crippen molar-refractivity contribution in [2.24, 2.45) is 0 Å². The molecule has 0 heterocycles. The van der Waals surface area contributed by atoms with Gasteiger partial charge in [0, 0.05) is 19.3 Å². The summed E-state index contributed by atoms with van der Waals surface area (Å²) in [5.74, 6) is -1.64. The molecule has 16 nitrogen and oxygen atoms in total. The molecule has 0 saturated carbocycles. The second kappa shape index (κ2) is 85.8. The lowest BCUT2D eigenvalue weighted by Crippen LogP contribution is -2.30. The van der Waals surface area contributed by atoms with Crippen LogP contribution in [0.15, 0.2) is 194 Å². The zero-order valence-electron chi connectivity index (χ0n) is 70.5. The van der Waals surface area contributed by atoms with Crippen LogP contribution in [0.5, 0.6) is 0 Å². The average Bonchev–Trinajstić information content (AvgIpc) is 0.898. The van der Waals surface area contributed by atoms with E-state index in [1.54, 1.807) is 0 Å². The lowest BCUT2D eigenvalue weighted by molar-refractivity contribution is -0.161. The van der Waals surface area contributed by atoms with Crippen molar-refractivity contribution < 1.29 is 75.8 Å². The lowest BCUT2D eigenvalue weighted by atomic mass is 10.0. The number of carbonyl (C=O) groups excluding carboxylic acids is 3. The van der Waals surface area contributed by atoms with Crippen LogP contribution in [0, 0.1) is 0 Å². The number of aliphatic hydroxyl groups excluding tert-OH is 2. The van der Waals surface area contributed by atoms with Crippen LogP contribution >= 0.6 is 15.6 Å². The Hall–Kier alpha value is -5.61. The maximum Gasteiger partial charge on any atom is 0.472 e. The number of rotatable bonds is 81. The SMILES string of the molecule is CC/C=C\C/C=C\C/C=C\C/C=C\C/C=C\C/C=C\CCCCC(=O)OC(COC(=O)CCCCCCCCC/C=C\C/C=C\C/C=C\C/C=C\C/C=C\CC)COP(=O)(O)OCC(O)COP(=O)(O)OCC(O)COC(=O)CCCCCCCCCCCCCCCCCCC/C=C\C/C=C\C/C=C\C/C=C\C/C=C\CC. The summed E-state index contributed by atoms with van der Waals surface area (Å²) in [4.78, 5) is 58.9. The summed E-state index contributed by atoms with van der Waals surface area (Å²) in [6.45, 7) is 2.28. The Kier molecular flexibility index (Phi) is 81.5. The second-order valence-corrected chi connectivity index (χ2v) is 31.5. The Morgan fingerprint density at radius 1 is 0.248 bits per heavy atom. The van der Waals surface area contributed by atoms with E-state index in [1.165, 1.54) is 89.9 Å². The predicted molar refractivity (Wildman–Crippen MR) is 472 cm³/mol. The molecule has 0 aromatic carbocycles. The van der Waals surface area contributed by atoms with Gasteiger partial charge in [0.25, 0.3) is 0 Å². The van der Waals surface area contributed by atoms with Crippen molar-refractivity contribution in [2.75, 3.05) is 39.6 Å². The first kappa shape index (κ1) is 107. The molecule has 0 spiro atoms. The quantitative estimate of drug-likeness (QED) is 0.0146. The summed E-state index contributed by atoms with van der Waals surface area (Å²) in [7, 11) is -9.83. The molecule has 0 amide bonds. The molecule has 4 N–H and O–H groups in total. The fourth-order valence-electron chi connectivity index (χ4n) is 11.3. The summed E-state index contributed by atoms with van der Waals surface area (Å²) in [6, 6.07) is 0. The smallest absolute Gasteiger partial charge is 0.463 e. The van der Waals surface area contributed by atoms with Gasteiger partial charge in [0.2, 0.25) is 0 Å². The number of phosphoric acid groups is 2. The fraction of sp³-hybridized carbons (Fsp3) is 0.632. The summed E-state index contributed by atoms with van der Waals surface area (Å²) >= 11 is 0. The Bertz CT molecular complexity index is 2830. The van der Waals surface area contributed by atoms with Gasteiger partial charge in [0.15, 0.2) is 6.10 Å². The molecule has 5 unspecified atom stereocenters. The zero-order chi connectivity index (χ0) is 82.2. The van der Waals surface area contributed by atoms with Crippen LogP contribution in [-0.2, 0) is 55.8 Å². The van der Waals surface area contributed by atoms with Gasteiger partial charge < -0.3 is 34.2 Å². The van der Waals surface area contributed by atoms with Gasteiger partial charge in [-0.15, -0.1) is 0 Å². The van der Waals surface area contributed by atoms with Gasteiger partial charge in [-0.25, -0.2) is 9.13 Å². The molecular weight excluding hydrogens is 1460 g/mol. The second-order valence-electron chi connectivity index (χ2n) is 28.5. The molecule has 18 heteroatoms. The number of unbranched alkanes of at least 4 members (excludes halogenated alkanes) is 26. The molecule has 0 rings (SSSR count). The number of ether oxygens (including phenoxy) is 3. The highest BCUT2D eigenvalue weighted by molar-refractivity contribution is 7.47. The Morgan fingerprint density at radius 3 is 0.717 bits per heavy atom. The molecule has 0 aliphatic carbocycles. The van der Waals surface area contributed by atoms with Gasteiger partial charge in [-0.1, -0.05) is 344 Å². The van der Waals surface area contributed by atoms with Crippen LogP contribution in [0.1, 0.15) is 329 Å². The average molecular weight is 1620 g/mol. The third-order valence-electron chi connectivity index (χ3n) is 17.8. The number of phosphoric ester groups is 2. The summed E-state index contributed by atoms with van der Waals surface area (Å²) in [5, 5.41) is 20.7. The molecule has 0 aliphatic rings. The van der Waals surface area contributed by atoms with Crippen LogP contribution in [0.2, 0.25) is 0 Å². The van der Waals surface area contributed by atoms with E-state index in [2.05, 4.69) is 215 Å². The van der Waals surface area contributed by atoms with Gasteiger partial charge in [0.1, 0.15) is 25.4 Å². The molecule has 0 aromatic heterocycles. The van der Waals surface area contributed by atoms with Crippen LogP contribution in [0.25, 0.3) is 0 Å². The third kappa shape index (κ3) is 87.1. The molecule has 0 radical (unpaired) electrons. The van der Waals surface area contributed by atoms with Crippen LogP contribution < -0.4 is 0 Å². The number of hydrogen-bond acceptors (Lipinski definition) is 14. The van der Waals surface area contributed by atoms with E-state index in [4.69, 9.17) is 32.3 Å². The highest BCUT2D eigenvalue weighted by Crippen LogP contribution is 2.45. The molecule has 642 valence electrons. The van der Waals surface area contributed by atoms with E-state index in [-0.39, 0.29) is 19.3 Å². The Labute approximate surface area is 687 Å². The largest absolute Gasteiger partial charge is 0.472 e. The van der Waals surface area contributed by atoms with Crippen LogP contribution in [-0.4, -0.2) is 95.9 Å². The number of esters is 3. The number of allylic oxidation sites excluding steroid dienone is 32. The van der Waals surface area contributed by atoms with E-state index < -0.39 is 91.5 Å². The first-order chi connectivity index (χ1) is 55.2. The normalized spacial score (nSPS) is 14.8. The Morgan fingerprint density at radius 2 is 0.442 bits per heavy atom. The van der Waals surface area contributed by atoms with Crippen molar-refractivity contribution in [1.82, 2.24) is 0 Å². The van der Waals surface area contributed by atoms with E-state index in [0.29, 0.717) is 25.7 Å². The van der Waals surface area contributed by atoms with Crippen molar-refractivity contribution in [3.05, 3.63) is 194 Å². The minimum Gasteiger partial charge on any atom is -0.463 e. The van der Waals surface area contributed by atoms with Crippen molar-refractivity contribution in [1.29, 1.82) is 0 Å². The molecular formula is C95H156O16P2. The Balaban J connectivity index is 4.60. The topological polar surface area (TPSA) is 231 Å². The standard InChI is InChI=1S/C95H156O16P2/c1-4-7-10-13-16-19-22-25-28-31-34-37-39-40-41-42-43-44-45-46-47-48-50-53-54-57-60-63-66-69-72-75-78-81-93(98)105-84-90(96)85-107-112(101,102)108-86-91(97)87-109-113(103,104)110-89-92(111-95(100)83-80-77-74-71-68-65-62-59-56-51-36-33-30-27-24-21-18-15-12-9-6-3)88-106-94(99)82-79-76-73-70-67-64-61-58-55-52-49-38-35-32-29-26-23-20-17-14-11-8-5-2/h7-12,16-21,25-30,34-38,40-41,51-52,55,59,62,68,71,90-92,96-97H,4-6,13-15,22-24,31-33,39,42-50,53-54,56-58,60-61,63-67,69-70,72-89H2,1-3H3,(H,101,102)(H,103,104)/b10-7-,11-8-,12-9-,19-16-,20-17-,21-18-,28-25-,29-26-,30-27-,37-34-,38-35-,41-40-,51-36-,55-52-,62-59-,71-68-. The fourth-order valence-corrected chi connectivity index (χ4v) is 12.9. The zero-order valence-corrected chi connectivity index (χ0v) is 72.3. The van der Waals surface area contributed by atoms with Crippen molar-refractivity contribution in [2.45, 2.75) is 347 Å². The lowest BCUT2D eigenvalue weighted by Gasteiger charge is -2.21. The monoisotopic (exact) mass is 1620 g/mol. The van der Waals surface area contributed by atoms with Gasteiger partial charge in [-0.05, 0) is 161 Å². The van der Waals surface area contributed by atoms with E-state index in [1.807, 2.05) is 0 Å². The first-order valence-corrected chi connectivity index (χ1v) is 46.7. The van der Waals surface area contributed by atoms with Gasteiger partial charge in [-0.2, -0.15) is 0 Å². The molecule has 0 aliphatic heterocycles. The molecule has 113 heavy (non-hydrogen) atoms. The van der Waals surface area contributed by atoms with Crippen LogP contribution in [0.4, 0.5) is 0 Å². The first-order valence-electron chi connectivity index (χ1n) is 43.7. The van der Waals surface area contributed by atoms with Crippen molar-refractivity contribution >= 4 is 33.6 Å².